The Labute approximate surface area is 114 Å². The van der Waals surface area contributed by atoms with Gasteiger partial charge in [0, 0.05) is 32.4 Å². The van der Waals surface area contributed by atoms with Gasteiger partial charge in [0.1, 0.15) is 0 Å². The van der Waals surface area contributed by atoms with Gasteiger partial charge in [0.05, 0.1) is 17.6 Å². The van der Waals surface area contributed by atoms with E-state index in [0.717, 1.165) is 12.1 Å². The number of nitro groups is 1. The molecule has 0 spiro atoms. The molecule has 8 heteroatoms. The maximum Gasteiger partial charge on any atom is 0.305 e. The Bertz CT molecular complexity index is 495. The number of halogens is 1. The number of nitro benzene ring substituents is 1. The second-order valence-corrected chi connectivity index (χ2v) is 3.95. The van der Waals surface area contributed by atoms with Crippen LogP contribution in [-0.2, 0) is 9.47 Å². The molecular weight excluding hydrogens is 271 g/mol. The Hall–Kier alpha value is -2.06. The molecule has 1 atom stereocenters. The first-order valence-electron chi connectivity index (χ1n) is 5.73. The summed E-state index contributed by atoms with van der Waals surface area (Å²) in [5.74, 6) is -1.54. The van der Waals surface area contributed by atoms with Crippen molar-refractivity contribution in [1.82, 2.24) is 5.32 Å². The summed E-state index contributed by atoms with van der Waals surface area (Å²) in [4.78, 5) is 21.5. The number of carbonyl (C=O) groups excluding carboxylic acids is 1. The summed E-state index contributed by atoms with van der Waals surface area (Å²) in [6.07, 6.45) is -0.334. The summed E-state index contributed by atoms with van der Waals surface area (Å²) >= 11 is 0. The number of nitrogens with zero attached hydrogens (tertiary/aromatic N) is 1. The topological polar surface area (TPSA) is 90.7 Å². The second-order valence-electron chi connectivity index (χ2n) is 3.95. The van der Waals surface area contributed by atoms with E-state index in [1.165, 1.54) is 20.3 Å². The van der Waals surface area contributed by atoms with Crippen molar-refractivity contribution >= 4 is 11.6 Å². The lowest BCUT2D eigenvalue weighted by molar-refractivity contribution is -0.387. The van der Waals surface area contributed by atoms with E-state index >= 15 is 0 Å². The molecule has 0 radical (unpaired) electrons. The van der Waals surface area contributed by atoms with E-state index in [9.17, 15) is 19.3 Å². The van der Waals surface area contributed by atoms with E-state index in [2.05, 4.69) is 5.32 Å². The maximum absolute atomic E-state index is 13.1. The van der Waals surface area contributed by atoms with E-state index in [1.54, 1.807) is 0 Å². The quantitative estimate of drug-likeness (QED) is 0.599. The molecule has 0 fully saturated rings. The first-order chi connectivity index (χ1) is 9.49. The largest absolute Gasteiger partial charge is 0.382 e. The van der Waals surface area contributed by atoms with Gasteiger partial charge in [-0.1, -0.05) is 0 Å². The number of benzene rings is 1. The zero-order valence-electron chi connectivity index (χ0n) is 11.1. The molecule has 20 heavy (non-hydrogen) atoms. The fourth-order valence-electron chi connectivity index (χ4n) is 1.50. The van der Waals surface area contributed by atoms with Crippen molar-refractivity contribution in [1.29, 1.82) is 0 Å². The van der Waals surface area contributed by atoms with Crippen LogP contribution in [0.25, 0.3) is 0 Å². The number of carbonyl (C=O) groups is 1. The first-order valence-corrected chi connectivity index (χ1v) is 5.73. The molecule has 1 aromatic rings. The zero-order valence-corrected chi connectivity index (χ0v) is 11.1. The standard InChI is InChI=1S/C12H15FN2O5/c1-19-7-9(20-2)6-14-12(16)8-3-4-10(13)11(5-8)15(17)18/h3-5,9H,6-7H2,1-2H3,(H,14,16). The number of hydrogen-bond acceptors (Lipinski definition) is 5. The fourth-order valence-corrected chi connectivity index (χ4v) is 1.50. The van der Waals surface area contributed by atoms with Gasteiger partial charge in [-0.25, -0.2) is 0 Å². The molecule has 1 amide bonds. The van der Waals surface area contributed by atoms with Gasteiger partial charge in [-0.2, -0.15) is 4.39 Å². The molecule has 0 bridgehead atoms. The molecule has 1 aromatic carbocycles. The SMILES string of the molecule is COCC(CNC(=O)c1ccc(F)c([N+](=O)[O-])c1)OC. The van der Waals surface area contributed by atoms with Crippen LogP contribution in [-0.4, -0.2) is 44.3 Å². The molecule has 0 aromatic heterocycles. The summed E-state index contributed by atoms with van der Waals surface area (Å²) in [5.41, 5.74) is -0.733. The average molecular weight is 286 g/mol. The minimum Gasteiger partial charge on any atom is -0.382 e. The van der Waals surface area contributed by atoms with Crippen LogP contribution in [0.4, 0.5) is 10.1 Å². The van der Waals surface area contributed by atoms with Crippen molar-refractivity contribution in [3.8, 4) is 0 Å². The molecule has 110 valence electrons. The predicted octanol–water partition coefficient (Wildman–Crippen LogP) is 1.13. The van der Waals surface area contributed by atoms with E-state index in [0.29, 0.717) is 6.61 Å². The Morgan fingerprint density at radius 1 is 1.50 bits per heavy atom. The lowest BCUT2D eigenvalue weighted by Crippen LogP contribution is -2.35. The van der Waals surface area contributed by atoms with Crippen LogP contribution >= 0.6 is 0 Å². The van der Waals surface area contributed by atoms with Crippen LogP contribution in [0.1, 0.15) is 10.4 Å². The molecular formula is C12H15FN2O5. The summed E-state index contributed by atoms with van der Waals surface area (Å²) in [6.45, 7) is 0.467. The Morgan fingerprint density at radius 3 is 2.75 bits per heavy atom. The normalized spacial score (nSPS) is 11.9. The van der Waals surface area contributed by atoms with E-state index < -0.39 is 22.3 Å². The molecule has 7 nitrogen and oxygen atoms in total. The van der Waals surface area contributed by atoms with Crippen LogP contribution in [0.15, 0.2) is 18.2 Å². The molecule has 1 rings (SSSR count). The summed E-state index contributed by atoms with van der Waals surface area (Å²) < 4.78 is 23.1. The number of ether oxygens (including phenoxy) is 2. The smallest absolute Gasteiger partial charge is 0.305 e. The van der Waals surface area contributed by atoms with Crippen LogP contribution in [0.3, 0.4) is 0 Å². The van der Waals surface area contributed by atoms with Gasteiger partial charge < -0.3 is 14.8 Å². The molecule has 0 heterocycles. The molecule has 0 saturated carbocycles. The summed E-state index contributed by atoms with van der Waals surface area (Å²) in [7, 11) is 2.97. The zero-order chi connectivity index (χ0) is 15.1. The van der Waals surface area contributed by atoms with Gasteiger partial charge in [0.2, 0.25) is 5.82 Å². The molecule has 1 N–H and O–H groups in total. The van der Waals surface area contributed by atoms with Crippen molar-refractivity contribution in [2.45, 2.75) is 6.10 Å². The number of rotatable bonds is 7. The fraction of sp³-hybridized carbons (Fsp3) is 0.417. The van der Waals surface area contributed by atoms with Crippen molar-refractivity contribution in [2.75, 3.05) is 27.4 Å². The number of amides is 1. The van der Waals surface area contributed by atoms with Crippen molar-refractivity contribution in [3.63, 3.8) is 0 Å². The minimum absolute atomic E-state index is 0.00497. The van der Waals surface area contributed by atoms with E-state index in [-0.39, 0.29) is 18.2 Å². The van der Waals surface area contributed by atoms with Gasteiger partial charge in [-0.05, 0) is 12.1 Å². The summed E-state index contributed by atoms with van der Waals surface area (Å²) in [6, 6.07) is 2.95. The number of hydrogen-bond donors (Lipinski definition) is 1. The Balaban J connectivity index is 2.73. The lowest BCUT2D eigenvalue weighted by atomic mass is 10.2. The molecule has 0 aliphatic carbocycles. The summed E-state index contributed by atoms with van der Waals surface area (Å²) in [5, 5.41) is 13.1. The van der Waals surface area contributed by atoms with Crippen LogP contribution in [0.5, 0.6) is 0 Å². The lowest BCUT2D eigenvalue weighted by Gasteiger charge is -2.14. The monoisotopic (exact) mass is 286 g/mol. The van der Waals surface area contributed by atoms with Gasteiger partial charge in [0.15, 0.2) is 0 Å². The van der Waals surface area contributed by atoms with Crippen LogP contribution in [0.2, 0.25) is 0 Å². The molecule has 0 aliphatic heterocycles. The highest BCUT2D eigenvalue weighted by molar-refractivity contribution is 5.94. The molecule has 0 aliphatic rings. The van der Waals surface area contributed by atoms with Crippen molar-refractivity contribution in [2.24, 2.45) is 0 Å². The van der Waals surface area contributed by atoms with Crippen LogP contribution in [0, 0.1) is 15.9 Å². The first kappa shape index (κ1) is 16.0. The highest BCUT2D eigenvalue weighted by Gasteiger charge is 2.18. The van der Waals surface area contributed by atoms with Gasteiger partial charge >= 0.3 is 5.69 Å². The highest BCUT2D eigenvalue weighted by atomic mass is 19.1. The van der Waals surface area contributed by atoms with Crippen molar-refractivity contribution < 1.29 is 23.6 Å². The Kier molecular flexibility index (Phi) is 6.01. The van der Waals surface area contributed by atoms with Gasteiger partial charge in [-0.3, -0.25) is 14.9 Å². The van der Waals surface area contributed by atoms with Crippen LogP contribution < -0.4 is 5.32 Å². The molecule has 0 saturated heterocycles. The maximum atomic E-state index is 13.1. The average Bonchev–Trinajstić information content (AvgIpc) is 2.43. The predicted molar refractivity (Wildman–Crippen MR) is 68.1 cm³/mol. The van der Waals surface area contributed by atoms with Gasteiger partial charge in [0.25, 0.3) is 5.91 Å². The number of methoxy groups -OCH3 is 2. The second kappa shape index (κ2) is 7.51. The van der Waals surface area contributed by atoms with E-state index in [4.69, 9.17) is 9.47 Å². The number of nitrogens with one attached hydrogen (secondary N) is 1. The van der Waals surface area contributed by atoms with Gasteiger partial charge in [-0.15, -0.1) is 0 Å². The van der Waals surface area contributed by atoms with Crippen molar-refractivity contribution in [3.05, 3.63) is 39.7 Å². The Morgan fingerprint density at radius 2 is 2.20 bits per heavy atom. The van der Waals surface area contributed by atoms with E-state index in [1.807, 2.05) is 0 Å². The third-order valence-corrected chi connectivity index (χ3v) is 2.58. The minimum atomic E-state index is -0.985. The third kappa shape index (κ3) is 4.25. The highest BCUT2D eigenvalue weighted by Crippen LogP contribution is 2.18. The third-order valence-electron chi connectivity index (χ3n) is 2.58. The molecule has 1 unspecified atom stereocenters.